The minimum absolute atomic E-state index is 0.0866. The standard InChI is InChI=1S/C12H4N4S/c13-5-8-9(6-14)16-12-11(15-8)7-3-1-2-4-10(7)17-12/h1-4H. The summed E-state index contributed by atoms with van der Waals surface area (Å²) in [4.78, 5) is 9.09. The number of fused-ring (bicyclic) bond motifs is 3. The van der Waals surface area contributed by atoms with Crippen LogP contribution in [0, 0.1) is 22.7 Å². The van der Waals surface area contributed by atoms with Crippen molar-refractivity contribution in [1.29, 1.82) is 10.5 Å². The Labute approximate surface area is 100 Å². The lowest BCUT2D eigenvalue weighted by atomic mass is 10.2. The van der Waals surface area contributed by atoms with Gasteiger partial charge in [0.05, 0.1) is 0 Å². The van der Waals surface area contributed by atoms with Gasteiger partial charge in [0.1, 0.15) is 22.5 Å². The Morgan fingerprint density at radius 3 is 2.47 bits per heavy atom. The van der Waals surface area contributed by atoms with Gasteiger partial charge in [-0.2, -0.15) is 10.5 Å². The minimum atomic E-state index is 0.0866. The summed E-state index contributed by atoms with van der Waals surface area (Å²) >= 11 is 1.48. The van der Waals surface area contributed by atoms with Crippen LogP contribution in [0.5, 0.6) is 0 Å². The summed E-state index contributed by atoms with van der Waals surface area (Å²) in [5.41, 5.74) is 0.872. The lowest BCUT2D eigenvalue weighted by Gasteiger charge is -1.93. The van der Waals surface area contributed by atoms with Gasteiger partial charge in [0, 0.05) is 10.1 Å². The zero-order valence-electron chi connectivity index (χ0n) is 8.51. The monoisotopic (exact) mass is 236 g/mol. The van der Waals surface area contributed by atoms with E-state index in [1.807, 2.05) is 36.4 Å². The van der Waals surface area contributed by atoms with Crippen molar-refractivity contribution >= 4 is 31.8 Å². The molecule has 5 heteroatoms. The van der Waals surface area contributed by atoms with E-state index < -0.39 is 0 Å². The van der Waals surface area contributed by atoms with Gasteiger partial charge < -0.3 is 0 Å². The van der Waals surface area contributed by atoms with E-state index >= 15 is 0 Å². The Balaban J connectivity index is 2.52. The molecule has 0 N–H and O–H groups in total. The molecule has 1 aromatic carbocycles. The molecule has 0 fully saturated rings. The summed E-state index contributed by atoms with van der Waals surface area (Å²) in [7, 11) is 0. The van der Waals surface area contributed by atoms with Crippen LogP contribution < -0.4 is 0 Å². The molecule has 0 saturated heterocycles. The number of aromatic nitrogens is 2. The average Bonchev–Trinajstić information content (AvgIpc) is 2.74. The molecule has 0 aliphatic heterocycles. The highest BCUT2D eigenvalue weighted by atomic mass is 32.1. The van der Waals surface area contributed by atoms with E-state index in [0.29, 0.717) is 10.3 Å². The molecular formula is C12H4N4S. The van der Waals surface area contributed by atoms with E-state index in [1.54, 1.807) is 0 Å². The maximum Gasteiger partial charge on any atom is 0.178 e. The van der Waals surface area contributed by atoms with Gasteiger partial charge in [-0.25, -0.2) is 9.97 Å². The van der Waals surface area contributed by atoms with Crippen LogP contribution in [-0.2, 0) is 0 Å². The van der Waals surface area contributed by atoms with E-state index in [4.69, 9.17) is 10.5 Å². The average molecular weight is 236 g/mol. The molecule has 0 aliphatic carbocycles. The topological polar surface area (TPSA) is 73.4 Å². The van der Waals surface area contributed by atoms with Crippen LogP contribution in [0.15, 0.2) is 24.3 Å². The van der Waals surface area contributed by atoms with Crippen molar-refractivity contribution in [3.05, 3.63) is 35.7 Å². The highest BCUT2D eigenvalue weighted by molar-refractivity contribution is 7.25. The van der Waals surface area contributed by atoms with Crippen LogP contribution in [0.1, 0.15) is 11.4 Å². The maximum atomic E-state index is 8.92. The largest absolute Gasteiger partial charge is 0.231 e. The molecule has 3 aromatic rings. The normalized spacial score (nSPS) is 10.2. The number of hydrogen-bond acceptors (Lipinski definition) is 5. The Kier molecular flexibility index (Phi) is 2.01. The molecule has 78 valence electrons. The van der Waals surface area contributed by atoms with Gasteiger partial charge in [0.15, 0.2) is 11.4 Å². The summed E-state index contributed by atoms with van der Waals surface area (Å²) in [6.07, 6.45) is 0. The van der Waals surface area contributed by atoms with E-state index in [1.165, 1.54) is 11.3 Å². The van der Waals surface area contributed by atoms with Crippen molar-refractivity contribution in [2.45, 2.75) is 0 Å². The maximum absolute atomic E-state index is 8.92. The van der Waals surface area contributed by atoms with Crippen molar-refractivity contribution in [3.63, 3.8) is 0 Å². The van der Waals surface area contributed by atoms with Crippen LogP contribution in [-0.4, -0.2) is 9.97 Å². The minimum Gasteiger partial charge on any atom is -0.231 e. The quantitative estimate of drug-likeness (QED) is 0.601. The van der Waals surface area contributed by atoms with Gasteiger partial charge >= 0.3 is 0 Å². The molecule has 2 aromatic heterocycles. The molecule has 3 rings (SSSR count). The molecule has 0 saturated carbocycles. The Hall–Kier alpha value is -2.50. The molecule has 2 heterocycles. The van der Waals surface area contributed by atoms with Crippen molar-refractivity contribution in [2.75, 3.05) is 0 Å². The fourth-order valence-corrected chi connectivity index (χ4v) is 2.70. The van der Waals surface area contributed by atoms with Gasteiger partial charge in [-0.3, -0.25) is 0 Å². The fourth-order valence-electron chi connectivity index (χ4n) is 1.68. The second kappa shape index (κ2) is 3.51. The summed E-state index contributed by atoms with van der Waals surface area (Å²) in [6.45, 7) is 0. The zero-order valence-corrected chi connectivity index (χ0v) is 9.32. The Morgan fingerprint density at radius 1 is 1.00 bits per heavy atom. The molecule has 0 radical (unpaired) electrons. The molecule has 0 unspecified atom stereocenters. The highest BCUT2D eigenvalue weighted by Gasteiger charge is 2.12. The van der Waals surface area contributed by atoms with Crippen LogP contribution in [0.4, 0.5) is 0 Å². The van der Waals surface area contributed by atoms with E-state index in [-0.39, 0.29) is 11.4 Å². The predicted molar refractivity (Wildman–Crippen MR) is 64.4 cm³/mol. The van der Waals surface area contributed by atoms with Gasteiger partial charge in [0.25, 0.3) is 0 Å². The molecule has 0 atom stereocenters. The second-order valence-electron chi connectivity index (χ2n) is 3.40. The molecule has 0 bridgehead atoms. The SMILES string of the molecule is N#Cc1nc2sc3ccccc3c2nc1C#N. The second-order valence-corrected chi connectivity index (χ2v) is 4.43. The smallest absolute Gasteiger partial charge is 0.178 e. The molecule has 4 nitrogen and oxygen atoms in total. The Bertz CT molecular complexity index is 820. The first-order valence-corrected chi connectivity index (χ1v) is 5.64. The van der Waals surface area contributed by atoms with Crippen LogP contribution in [0.3, 0.4) is 0 Å². The summed E-state index contributed by atoms with van der Waals surface area (Å²) in [6, 6.07) is 11.6. The number of benzene rings is 1. The van der Waals surface area contributed by atoms with Crippen molar-refractivity contribution < 1.29 is 0 Å². The molecule has 0 spiro atoms. The first-order chi connectivity index (χ1) is 8.33. The van der Waals surface area contributed by atoms with E-state index in [2.05, 4.69) is 9.97 Å². The van der Waals surface area contributed by atoms with Gasteiger partial charge in [-0.15, -0.1) is 11.3 Å². The zero-order chi connectivity index (χ0) is 11.8. The third-order valence-corrected chi connectivity index (χ3v) is 3.48. The van der Waals surface area contributed by atoms with Crippen LogP contribution in [0.2, 0.25) is 0 Å². The third-order valence-electron chi connectivity index (χ3n) is 2.42. The predicted octanol–water partition coefficient (Wildman–Crippen LogP) is 2.59. The van der Waals surface area contributed by atoms with Crippen LogP contribution in [0.25, 0.3) is 20.4 Å². The highest BCUT2D eigenvalue weighted by Crippen LogP contribution is 2.31. The number of nitrogens with zero attached hydrogens (tertiary/aromatic N) is 4. The van der Waals surface area contributed by atoms with Crippen molar-refractivity contribution in [3.8, 4) is 12.1 Å². The molecule has 17 heavy (non-hydrogen) atoms. The van der Waals surface area contributed by atoms with Gasteiger partial charge in [0.2, 0.25) is 0 Å². The summed E-state index contributed by atoms with van der Waals surface area (Å²) < 4.78 is 1.06. The van der Waals surface area contributed by atoms with Crippen molar-refractivity contribution in [1.82, 2.24) is 9.97 Å². The molecule has 0 amide bonds. The molecule has 0 aliphatic rings. The van der Waals surface area contributed by atoms with Gasteiger partial charge in [-0.05, 0) is 6.07 Å². The lowest BCUT2D eigenvalue weighted by molar-refractivity contribution is 1.21. The Morgan fingerprint density at radius 2 is 1.71 bits per heavy atom. The third kappa shape index (κ3) is 1.34. The number of thiophene rings is 1. The fraction of sp³-hybridized carbons (Fsp3) is 0. The first-order valence-electron chi connectivity index (χ1n) is 4.83. The lowest BCUT2D eigenvalue weighted by Crippen LogP contribution is -1.92. The van der Waals surface area contributed by atoms with Gasteiger partial charge in [-0.1, -0.05) is 18.2 Å². The number of rotatable bonds is 0. The first kappa shape index (κ1) is 9.71. The number of nitriles is 2. The summed E-state index contributed by atoms with van der Waals surface area (Å²) in [5, 5.41) is 18.8. The van der Waals surface area contributed by atoms with Crippen molar-refractivity contribution in [2.24, 2.45) is 0 Å². The van der Waals surface area contributed by atoms with E-state index in [0.717, 1.165) is 10.1 Å². The molecular weight excluding hydrogens is 232 g/mol. The summed E-state index contributed by atoms with van der Waals surface area (Å²) in [5.74, 6) is 0. The van der Waals surface area contributed by atoms with Crippen LogP contribution >= 0.6 is 11.3 Å². The van der Waals surface area contributed by atoms with E-state index in [9.17, 15) is 0 Å². The number of hydrogen-bond donors (Lipinski definition) is 0.